The summed E-state index contributed by atoms with van der Waals surface area (Å²) in [4.78, 5) is 41.8. The minimum Gasteiger partial charge on any atom is -0.486 e. The molecule has 0 spiro atoms. The summed E-state index contributed by atoms with van der Waals surface area (Å²) in [6.07, 6.45) is -0.649. The molecule has 2 aliphatic rings. The van der Waals surface area contributed by atoms with Crippen LogP contribution in [0.1, 0.15) is 48.0 Å². The molecule has 0 aromatic heterocycles. The first-order valence-corrected chi connectivity index (χ1v) is 11.9. The van der Waals surface area contributed by atoms with Crippen LogP contribution >= 0.6 is 0 Å². The Morgan fingerprint density at radius 1 is 1.11 bits per heavy atom. The summed E-state index contributed by atoms with van der Waals surface area (Å²) in [5.74, 6) is -0.444. The van der Waals surface area contributed by atoms with E-state index >= 15 is 0 Å². The second-order valence-electron chi connectivity index (χ2n) is 11.2. The Kier molecular flexibility index (Phi) is 7.64. The van der Waals surface area contributed by atoms with Gasteiger partial charge in [-0.3, -0.25) is 9.59 Å². The Morgan fingerprint density at radius 2 is 1.74 bits per heavy atom. The van der Waals surface area contributed by atoms with Crippen molar-refractivity contribution in [1.29, 1.82) is 0 Å². The third kappa shape index (κ3) is 6.42. The number of amides is 3. The van der Waals surface area contributed by atoms with Crippen LogP contribution < -0.4 is 15.8 Å². The third-order valence-electron chi connectivity index (χ3n) is 6.26. The normalized spacial score (nSPS) is 23.0. The van der Waals surface area contributed by atoms with E-state index in [2.05, 4.69) is 5.32 Å². The summed E-state index contributed by atoms with van der Waals surface area (Å²) in [7, 11) is 0. The fraction of sp³-hybridized carbons (Fsp3) is 0.640. The van der Waals surface area contributed by atoms with Gasteiger partial charge in [-0.15, -0.1) is 0 Å². The number of benzene rings is 1. The minimum atomic E-state index is -0.716. The summed E-state index contributed by atoms with van der Waals surface area (Å²) in [6, 6.07) is 4.20. The van der Waals surface area contributed by atoms with Crippen LogP contribution in [0, 0.1) is 11.2 Å². The Morgan fingerprint density at radius 3 is 2.31 bits per heavy atom. The van der Waals surface area contributed by atoms with Crippen molar-refractivity contribution < 1.29 is 28.2 Å². The molecule has 2 aliphatic heterocycles. The second-order valence-corrected chi connectivity index (χ2v) is 11.2. The van der Waals surface area contributed by atoms with Gasteiger partial charge >= 0.3 is 6.09 Å². The van der Waals surface area contributed by atoms with Gasteiger partial charge in [0.15, 0.2) is 0 Å². The zero-order valence-corrected chi connectivity index (χ0v) is 21.3. The number of alkyl carbamates (subject to hydrolysis) is 1. The lowest BCUT2D eigenvalue weighted by Gasteiger charge is -2.34. The predicted molar refractivity (Wildman–Crippen MR) is 128 cm³/mol. The number of ether oxygens (including phenoxy) is 2. The zero-order valence-electron chi connectivity index (χ0n) is 21.3. The van der Waals surface area contributed by atoms with E-state index in [1.165, 1.54) is 24.3 Å². The number of rotatable bonds is 5. The lowest BCUT2D eigenvalue weighted by atomic mass is 9.86. The summed E-state index contributed by atoms with van der Waals surface area (Å²) in [6.45, 7) is 11.3. The number of carbonyl (C=O) groups excluding carboxylic acids is 3. The molecule has 0 unspecified atom stereocenters. The average Bonchev–Trinajstić information content (AvgIpc) is 3.32. The molecule has 0 radical (unpaired) electrons. The minimum absolute atomic E-state index is 0.195. The highest BCUT2D eigenvalue weighted by Gasteiger charge is 2.54. The largest absolute Gasteiger partial charge is 0.486 e. The van der Waals surface area contributed by atoms with Crippen molar-refractivity contribution in [2.45, 2.75) is 77.8 Å². The van der Waals surface area contributed by atoms with Gasteiger partial charge in [-0.25, -0.2) is 9.18 Å². The maximum Gasteiger partial charge on any atom is 0.408 e. The van der Waals surface area contributed by atoms with E-state index in [-0.39, 0.29) is 36.8 Å². The zero-order chi connectivity index (χ0) is 26.1. The molecule has 0 saturated carbocycles. The van der Waals surface area contributed by atoms with Gasteiger partial charge in [0.05, 0.1) is 24.7 Å². The molecule has 2 heterocycles. The van der Waals surface area contributed by atoms with Gasteiger partial charge in [0, 0.05) is 6.54 Å². The number of nitrogens with zero attached hydrogens (tertiary/aromatic N) is 2. The molecule has 3 amide bonds. The molecule has 1 aromatic carbocycles. The lowest BCUT2D eigenvalue weighted by Crippen LogP contribution is -2.55. The fourth-order valence-electron chi connectivity index (χ4n) is 4.48. The van der Waals surface area contributed by atoms with Crippen LogP contribution in [0.15, 0.2) is 24.3 Å². The summed E-state index contributed by atoms with van der Waals surface area (Å²) in [5.41, 5.74) is 5.16. The monoisotopic (exact) mass is 492 g/mol. The maximum atomic E-state index is 13.4. The van der Waals surface area contributed by atoms with E-state index in [0.29, 0.717) is 18.7 Å². The Hall–Kier alpha value is -2.88. The van der Waals surface area contributed by atoms with Gasteiger partial charge in [-0.2, -0.15) is 0 Å². The van der Waals surface area contributed by atoms with Crippen molar-refractivity contribution >= 4 is 17.9 Å². The fourth-order valence-corrected chi connectivity index (χ4v) is 4.48. The van der Waals surface area contributed by atoms with Crippen LogP contribution in [0.25, 0.3) is 0 Å². The molecule has 3 N–H and O–H groups in total. The highest BCUT2D eigenvalue weighted by atomic mass is 19.1. The van der Waals surface area contributed by atoms with Crippen LogP contribution in [-0.4, -0.2) is 77.2 Å². The van der Waals surface area contributed by atoms with Gasteiger partial charge in [0.25, 0.3) is 0 Å². The van der Waals surface area contributed by atoms with Crippen LogP contribution in [0.2, 0.25) is 0 Å². The van der Waals surface area contributed by atoms with Gasteiger partial charge < -0.3 is 30.3 Å². The highest BCUT2D eigenvalue weighted by molar-refractivity contribution is 5.85. The van der Waals surface area contributed by atoms with Crippen molar-refractivity contribution in [1.82, 2.24) is 15.1 Å². The molecule has 9 nitrogen and oxygen atoms in total. The van der Waals surface area contributed by atoms with E-state index in [4.69, 9.17) is 15.2 Å². The molecule has 194 valence electrons. The van der Waals surface area contributed by atoms with E-state index < -0.39 is 35.3 Å². The summed E-state index contributed by atoms with van der Waals surface area (Å²) < 4.78 is 24.8. The SMILES string of the molecule is CC(C)(C)OC(=O)NCC(=O)N1C[C@H](Oc2ccc(F)cc2)[C@@H]2[C@H]1CCN2C(=O)[C@@H](N)C(C)(C)C. The Bertz CT molecular complexity index is 941. The van der Waals surface area contributed by atoms with Gasteiger partial charge in [0.2, 0.25) is 11.8 Å². The molecular weight excluding hydrogens is 455 g/mol. The molecule has 35 heavy (non-hydrogen) atoms. The molecule has 4 atom stereocenters. The number of halogens is 1. The number of carbonyl (C=O) groups is 3. The van der Waals surface area contributed by atoms with Crippen LogP contribution in [-0.2, 0) is 14.3 Å². The number of fused-ring (bicyclic) bond motifs is 1. The molecule has 1 aromatic rings. The standard InChI is InChI=1S/C25H37FN4O5/c1-24(2,3)21(27)22(32)29-12-11-17-20(29)18(34-16-9-7-15(26)8-10-16)14-30(17)19(31)13-28-23(33)35-25(4,5)6/h7-10,17-18,20-21H,11-14,27H2,1-6H3,(H,28,33)/t17-,18+,20+,21-/m1/s1. The molecule has 2 saturated heterocycles. The average molecular weight is 493 g/mol. The third-order valence-corrected chi connectivity index (χ3v) is 6.26. The molecule has 3 rings (SSSR count). The first-order chi connectivity index (χ1) is 16.2. The lowest BCUT2D eigenvalue weighted by molar-refractivity contribution is -0.137. The van der Waals surface area contributed by atoms with E-state index in [1.54, 1.807) is 30.6 Å². The summed E-state index contributed by atoms with van der Waals surface area (Å²) >= 11 is 0. The van der Waals surface area contributed by atoms with Crippen molar-refractivity contribution in [3.8, 4) is 5.75 Å². The molecule has 0 aliphatic carbocycles. The van der Waals surface area contributed by atoms with Crippen molar-refractivity contribution in [3.63, 3.8) is 0 Å². The van der Waals surface area contributed by atoms with Crippen molar-refractivity contribution in [3.05, 3.63) is 30.1 Å². The van der Waals surface area contributed by atoms with E-state index in [1.807, 2.05) is 20.8 Å². The molecule has 2 fully saturated rings. The predicted octanol–water partition coefficient (Wildman–Crippen LogP) is 2.28. The van der Waals surface area contributed by atoms with Crippen LogP contribution in [0.3, 0.4) is 0 Å². The van der Waals surface area contributed by atoms with E-state index in [9.17, 15) is 18.8 Å². The highest BCUT2D eigenvalue weighted by Crippen LogP contribution is 2.35. The second kappa shape index (κ2) is 10.0. The summed E-state index contributed by atoms with van der Waals surface area (Å²) in [5, 5.41) is 2.50. The van der Waals surface area contributed by atoms with Gasteiger partial charge in [0.1, 0.15) is 29.8 Å². The van der Waals surface area contributed by atoms with Crippen LogP contribution in [0.4, 0.5) is 9.18 Å². The van der Waals surface area contributed by atoms with E-state index in [0.717, 1.165) is 0 Å². The van der Waals surface area contributed by atoms with Gasteiger partial charge in [-0.05, 0) is 56.9 Å². The maximum absolute atomic E-state index is 13.4. The number of nitrogens with one attached hydrogen (secondary N) is 1. The topological polar surface area (TPSA) is 114 Å². The quantitative estimate of drug-likeness (QED) is 0.652. The number of nitrogens with two attached hydrogens (primary N) is 1. The number of likely N-dealkylation sites (tertiary alicyclic amines) is 2. The molecule has 10 heteroatoms. The number of hydrogen-bond acceptors (Lipinski definition) is 6. The van der Waals surface area contributed by atoms with Gasteiger partial charge in [-0.1, -0.05) is 20.8 Å². The Balaban J connectivity index is 1.78. The first kappa shape index (κ1) is 26.7. The first-order valence-electron chi connectivity index (χ1n) is 11.9. The smallest absolute Gasteiger partial charge is 0.408 e. The van der Waals surface area contributed by atoms with Crippen molar-refractivity contribution in [2.24, 2.45) is 11.1 Å². The molecule has 0 bridgehead atoms. The van der Waals surface area contributed by atoms with Crippen molar-refractivity contribution in [2.75, 3.05) is 19.6 Å². The molecular formula is C25H37FN4O5. The van der Waals surface area contributed by atoms with Crippen LogP contribution in [0.5, 0.6) is 5.75 Å². The Labute approximate surface area is 206 Å². The number of hydrogen-bond donors (Lipinski definition) is 2.